The van der Waals surface area contributed by atoms with Gasteiger partial charge in [-0.1, -0.05) is 0 Å². The number of methoxy groups -OCH3 is 3. The number of aromatic nitrogens is 1. The summed E-state index contributed by atoms with van der Waals surface area (Å²) in [5.74, 6) is -1.58. The van der Waals surface area contributed by atoms with Crippen LogP contribution in [-0.4, -0.2) is 63.1 Å². The number of ketones is 1. The maximum absolute atomic E-state index is 12.4. The first-order valence-corrected chi connectivity index (χ1v) is 9.20. The van der Waals surface area contributed by atoms with Gasteiger partial charge in [0.2, 0.25) is 5.78 Å². The fourth-order valence-electron chi connectivity index (χ4n) is 2.94. The highest BCUT2D eigenvalue weighted by Crippen LogP contribution is 2.27. The first-order valence-electron chi connectivity index (χ1n) is 9.20. The van der Waals surface area contributed by atoms with Gasteiger partial charge in [-0.2, -0.15) is 0 Å². The molecule has 0 aliphatic heterocycles. The first kappa shape index (κ1) is 23.5. The molecule has 1 heterocycles. The fraction of sp³-hybridized carbons (Fsp3) is 0.333. The lowest BCUT2D eigenvalue weighted by atomic mass is 10.1. The Morgan fingerprint density at radius 3 is 2.29 bits per heavy atom. The van der Waals surface area contributed by atoms with Crippen molar-refractivity contribution < 1.29 is 38.1 Å². The summed E-state index contributed by atoms with van der Waals surface area (Å²) in [6.07, 6.45) is 0. The third-order valence-electron chi connectivity index (χ3n) is 4.51. The number of H-pyrrole nitrogens is 1. The van der Waals surface area contributed by atoms with E-state index in [2.05, 4.69) is 10.3 Å². The molecule has 2 aromatic rings. The molecule has 0 bridgehead atoms. The van der Waals surface area contributed by atoms with E-state index in [4.69, 9.17) is 18.9 Å². The molecular weight excluding hydrogens is 408 g/mol. The van der Waals surface area contributed by atoms with E-state index in [1.807, 2.05) is 0 Å². The van der Waals surface area contributed by atoms with E-state index in [1.165, 1.54) is 33.5 Å². The zero-order valence-electron chi connectivity index (χ0n) is 17.9. The normalized spacial score (nSPS) is 10.2. The molecule has 0 aliphatic rings. The van der Waals surface area contributed by atoms with Crippen LogP contribution in [0.5, 0.6) is 11.5 Å². The van der Waals surface area contributed by atoms with Gasteiger partial charge in [0.05, 0.1) is 32.6 Å². The van der Waals surface area contributed by atoms with E-state index in [-0.39, 0.29) is 16.8 Å². The molecule has 1 aromatic heterocycles. The third kappa shape index (κ3) is 5.41. The Kier molecular flexibility index (Phi) is 7.78. The van der Waals surface area contributed by atoms with Crippen molar-refractivity contribution >= 4 is 23.6 Å². The van der Waals surface area contributed by atoms with E-state index in [9.17, 15) is 19.2 Å². The zero-order valence-corrected chi connectivity index (χ0v) is 17.9. The monoisotopic (exact) mass is 432 g/mol. The number of hydrogen-bond donors (Lipinski definition) is 2. The first-order chi connectivity index (χ1) is 14.7. The van der Waals surface area contributed by atoms with Gasteiger partial charge in [-0.25, -0.2) is 4.79 Å². The Balaban J connectivity index is 1.92. The SMILES string of the molecule is COC(=O)c1c(C)[nH]c(C(=O)COC(=O)CNC(=O)c2ccc(OC)c(OC)c2)c1C. The van der Waals surface area contributed by atoms with Crippen molar-refractivity contribution in [3.63, 3.8) is 0 Å². The highest BCUT2D eigenvalue weighted by molar-refractivity contribution is 6.02. The average Bonchev–Trinajstić information content (AvgIpc) is 3.08. The van der Waals surface area contributed by atoms with Crippen LogP contribution in [0.1, 0.15) is 42.5 Å². The van der Waals surface area contributed by atoms with Gasteiger partial charge >= 0.3 is 11.9 Å². The van der Waals surface area contributed by atoms with Crippen LogP contribution < -0.4 is 14.8 Å². The lowest BCUT2D eigenvalue weighted by Gasteiger charge is -2.10. The quantitative estimate of drug-likeness (QED) is 0.451. The number of benzene rings is 1. The molecule has 2 rings (SSSR count). The van der Waals surface area contributed by atoms with E-state index < -0.39 is 36.8 Å². The van der Waals surface area contributed by atoms with Gasteiger partial charge in [-0.05, 0) is 37.6 Å². The highest BCUT2D eigenvalue weighted by atomic mass is 16.5. The van der Waals surface area contributed by atoms with Crippen LogP contribution >= 0.6 is 0 Å². The van der Waals surface area contributed by atoms with Crippen molar-refractivity contribution in [3.8, 4) is 11.5 Å². The molecule has 1 aromatic carbocycles. The van der Waals surface area contributed by atoms with Crippen LogP contribution in [0.25, 0.3) is 0 Å². The summed E-state index contributed by atoms with van der Waals surface area (Å²) in [6.45, 7) is 2.24. The number of esters is 2. The molecule has 1 amide bonds. The molecular formula is C21H24N2O8. The Bertz CT molecular complexity index is 1010. The molecule has 0 saturated carbocycles. The zero-order chi connectivity index (χ0) is 23.1. The van der Waals surface area contributed by atoms with Crippen LogP contribution in [-0.2, 0) is 14.3 Å². The summed E-state index contributed by atoms with van der Waals surface area (Å²) in [7, 11) is 4.16. The molecule has 0 atom stereocenters. The molecule has 0 saturated heterocycles. The predicted octanol–water partition coefficient (Wildman–Crippen LogP) is 1.59. The smallest absolute Gasteiger partial charge is 0.339 e. The van der Waals surface area contributed by atoms with E-state index >= 15 is 0 Å². The average molecular weight is 432 g/mol. The van der Waals surface area contributed by atoms with Crippen molar-refractivity contribution in [2.45, 2.75) is 13.8 Å². The number of amides is 1. The lowest BCUT2D eigenvalue weighted by molar-refractivity contribution is -0.141. The van der Waals surface area contributed by atoms with E-state index in [0.717, 1.165) is 0 Å². The summed E-state index contributed by atoms with van der Waals surface area (Å²) in [4.78, 5) is 51.1. The van der Waals surface area contributed by atoms with Crippen LogP contribution in [0.15, 0.2) is 18.2 Å². The minimum Gasteiger partial charge on any atom is -0.493 e. The molecule has 0 unspecified atom stereocenters. The predicted molar refractivity (Wildman–Crippen MR) is 109 cm³/mol. The summed E-state index contributed by atoms with van der Waals surface area (Å²) >= 11 is 0. The van der Waals surface area contributed by atoms with Gasteiger partial charge in [0.25, 0.3) is 5.91 Å². The van der Waals surface area contributed by atoms with Crippen LogP contribution in [0.2, 0.25) is 0 Å². The number of ether oxygens (including phenoxy) is 4. The van der Waals surface area contributed by atoms with Gasteiger partial charge in [0, 0.05) is 11.3 Å². The van der Waals surface area contributed by atoms with Crippen molar-refractivity contribution in [3.05, 3.63) is 46.3 Å². The third-order valence-corrected chi connectivity index (χ3v) is 4.51. The molecule has 10 nitrogen and oxygen atoms in total. The summed E-state index contributed by atoms with van der Waals surface area (Å²) in [6, 6.07) is 4.55. The van der Waals surface area contributed by atoms with Crippen LogP contribution in [0.3, 0.4) is 0 Å². The second-order valence-corrected chi connectivity index (χ2v) is 6.45. The maximum Gasteiger partial charge on any atom is 0.339 e. The molecule has 0 spiro atoms. The van der Waals surface area contributed by atoms with E-state index in [0.29, 0.717) is 22.8 Å². The van der Waals surface area contributed by atoms with Crippen molar-refractivity contribution in [2.24, 2.45) is 0 Å². The Hall–Kier alpha value is -3.82. The van der Waals surface area contributed by atoms with Gasteiger partial charge in [0.1, 0.15) is 6.54 Å². The summed E-state index contributed by atoms with van der Waals surface area (Å²) < 4.78 is 19.9. The summed E-state index contributed by atoms with van der Waals surface area (Å²) in [5.41, 5.74) is 1.56. The standard InChI is InChI=1S/C21H24N2O8/c1-11-18(21(27)30-5)12(2)23-19(11)14(24)10-31-17(25)9-22-20(26)13-6-7-15(28-3)16(8-13)29-4/h6-8,23H,9-10H2,1-5H3,(H,22,26). The number of rotatable bonds is 9. The number of carbonyl (C=O) groups is 4. The fourth-order valence-corrected chi connectivity index (χ4v) is 2.94. The molecule has 166 valence electrons. The Morgan fingerprint density at radius 2 is 1.68 bits per heavy atom. The molecule has 2 N–H and O–H groups in total. The molecule has 0 aliphatic carbocycles. The number of carbonyl (C=O) groups excluding carboxylic acids is 4. The summed E-state index contributed by atoms with van der Waals surface area (Å²) in [5, 5.41) is 2.41. The van der Waals surface area contributed by atoms with Gasteiger partial charge in [0.15, 0.2) is 18.1 Å². The number of Topliss-reactive ketones (excluding diaryl/α,β-unsaturated/α-hetero) is 1. The number of aryl methyl sites for hydroxylation is 1. The van der Waals surface area contributed by atoms with Crippen LogP contribution in [0, 0.1) is 13.8 Å². The molecule has 0 fully saturated rings. The Labute approximate surface area is 178 Å². The number of aromatic amines is 1. The lowest BCUT2D eigenvalue weighted by Crippen LogP contribution is -2.31. The topological polar surface area (TPSA) is 133 Å². The minimum atomic E-state index is -0.795. The number of hydrogen-bond acceptors (Lipinski definition) is 8. The second kappa shape index (κ2) is 10.3. The van der Waals surface area contributed by atoms with Crippen molar-refractivity contribution in [2.75, 3.05) is 34.5 Å². The van der Waals surface area contributed by atoms with E-state index in [1.54, 1.807) is 19.9 Å². The van der Waals surface area contributed by atoms with Gasteiger partial charge < -0.3 is 29.2 Å². The second-order valence-electron chi connectivity index (χ2n) is 6.45. The number of nitrogens with one attached hydrogen (secondary N) is 2. The van der Waals surface area contributed by atoms with Crippen molar-refractivity contribution in [1.29, 1.82) is 0 Å². The largest absolute Gasteiger partial charge is 0.493 e. The molecule has 10 heteroatoms. The minimum absolute atomic E-state index is 0.153. The molecule has 31 heavy (non-hydrogen) atoms. The van der Waals surface area contributed by atoms with Gasteiger partial charge in [-0.15, -0.1) is 0 Å². The van der Waals surface area contributed by atoms with Gasteiger partial charge in [-0.3, -0.25) is 14.4 Å². The Morgan fingerprint density at radius 1 is 1.00 bits per heavy atom. The maximum atomic E-state index is 12.4. The van der Waals surface area contributed by atoms with Crippen molar-refractivity contribution in [1.82, 2.24) is 10.3 Å². The van der Waals surface area contributed by atoms with Crippen LogP contribution in [0.4, 0.5) is 0 Å². The highest BCUT2D eigenvalue weighted by Gasteiger charge is 2.23. The molecule has 0 radical (unpaired) electrons.